The number of nitrogens with one attached hydrogen (secondary N) is 1. The van der Waals surface area contributed by atoms with Crippen LogP contribution in [0.25, 0.3) is 0 Å². The fourth-order valence-electron chi connectivity index (χ4n) is 2.31. The summed E-state index contributed by atoms with van der Waals surface area (Å²) in [6, 6.07) is 26.1. The Morgan fingerprint density at radius 2 is 1.71 bits per heavy atom. The molecule has 3 aromatic carbocycles. The van der Waals surface area contributed by atoms with Gasteiger partial charge >= 0.3 is 0 Å². The summed E-state index contributed by atoms with van der Waals surface area (Å²) in [6.07, 6.45) is 1.79. The molecule has 0 atom stereocenters. The second-order valence-corrected chi connectivity index (χ2v) is 5.58. The van der Waals surface area contributed by atoms with Gasteiger partial charge in [0.2, 0.25) is 0 Å². The molecule has 3 heteroatoms. The van der Waals surface area contributed by atoms with Crippen LogP contribution in [0, 0.1) is 6.92 Å². The molecule has 0 aliphatic rings. The smallest absolute Gasteiger partial charge is 0.119 e. The van der Waals surface area contributed by atoms with Gasteiger partial charge in [-0.1, -0.05) is 48.0 Å². The van der Waals surface area contributed by atoms with Gasteiger partial charge in [-0.15, -0.1) is 0 Å². The third-order valence-electron chi connectivity index (χ3n) is 3.55. The van der Waals surface area contributed by atoms with Crippen LogP contribution < -0.4 is 10.2 Å². The van der Waals surface area contributed by atoms with Gasteiger partial charge in [-0.2, -0.15) is 5.10 Å². The molecule has 0 saturated heterocycles. The summed E-state index contributed by atoms with van der Waals surface area (Å²) < 4.78 is 5.82. The Morgan fingerprint density at radius 1 is 0.917 bits per heavy atom. The van der Waals surface area contributed by atoms with Gasteiger partial charge in [-0.05, 0) is 54.4 Å². The molecule has 24 heavy (non-hydrogen) atoms. The van der Waals surface area contributed by atoms with E-state index < -0.39 is 0 Å². The van der Waals surface area contributed by atoms with Gasteiger partial charge < -0.3 is 4.74 Å². The zero-order valence-electron chi connectivity index (χ0n) is 13.6. The van der Waals surface area contributed by atoms with Crippen molar-refractivity contribution in [1.29, 1.82) is 0 Å². The normalized spacial score (nSPS) is 10.7. The number of hydrazone groups is 1. The molecule has 0 aliphatic carbocycles. The highest BCUT2D eigenvalue weighted by atomic mass is 16.5. The first-order valence-electron chi connectivity index (χ1n) is 7.92. The molecule has 0 aromatic heterocycles. The fourth-order valence-corrected chi connectivity index (χ4v) is 2.31. The third kappa shape index (κ3) is 4.71. The monoisotopic (exact) mass is 316 g/mol. The van der Waals surface area contributed by atoms with Crippen molar-refractivity contribution >= 4 is 11.9 Å². The molecule has 0 fully saturated rings. The van der Waals surface area contributed by atoms with Crippen LogP contribution in [-0.4, -0.2) is 6.21 Å². The van der Waals surface area contributed by atoms with Crippen molar-refractivity contribution in [3.8, 4) is 5.75 Å². The average Bonchev–Trinajstić information content (AvgIpc) is 2.62. The van der Waals surface area contributed by atoms with Crippen LogP contribution in [0.15, 0.2) is 84.0 Å². The summed E-state index contributed by atoms with van der Waals surface area (Å²) in [6.45, 7) is 2.66. The van der Waals surface area contributed by atoms with E-state index in [1.54, 1.807) is 6.21 Å². The zero-order chi connectivity index (χ0) is 16.6. The molecule has 0 radical (unpaired) electrons. The minimum Gasteiger partial charge on any atom is -0.489 e. The predicted molar refractivity (Wildman–Crippen MR) is 99.6 cm³/mol. The molecule has 0 spiro atoms. The van der Waals surface area contributed by atoms with Crippen molar-refractivity contribution in [2.75, 3.05) is 5.43 Å². The molecule has 1 N–H and O–H groups in total. The maximum atomic E-state index is 5.82. The Bertz CT molecular complexity index is 796. The molecule has 120 valence electrons. The lowest BCUT2D eigenvalue weighted by Gasteiger charge is -2.07. The van der Waals surface area contributed by atoms with E-state index in [9.17, 15) is 0 Å². The van der Waals surface area contributed by atoms with Gasteiger partial charge in [0.1, 0.15) is 12.4 Å². The molecule has 0 saturated carbocycles. The molecular formula is C21H20N2O. The van der Waals surface area contributed by atoms with Crippen LogP contribution in [-0.2, 0) is 6.61 Å². The molecule has 0 bridgehead atoms. The minimum atomic E-state index is 0.574. The Balaban J connectivity index is 1.53. The van der Waals surface area contributed by atoms with E-state index in [4.69, 9.17) is 4.74 Å². The first kappa shape index (κ1) is 15.8. The molecule has 3 rings (SSSR count). The Hall–Kier alpha value is -3.07. The molecule has 3 aromatic rings. The summed E-state index contributed by atoms with van der Waals surface area (Å²) in [4.78, 5) is 0. The Morgan fingerprint density at radius 3 is 2.46 bits per heavy atom. The van der Waals surface area contributed by atoms with Gasteiger partial charge in [-0.3, -0.25) is 5.43 Å². The first-order chi connectivity index (χ1) is 11.8. The number of nitrogens with zero attached hydrogens (tertiary/aromatic N) is 1. The van der Waals surface area contributed by atoms with E-state index in [2.05, 4.69) is 35.7 Å². The highest BCUT2D eigenvalue weighted by Crippen LogP contribution is 2.14. The van der Waals surface area contributed by atoms with E-state index in [1.807, 2.05) is 60.7 Å². The van der Waals surface area contributed by atoms with Crippen molar-refractivity contribution in [3.05, 3.63) is 95.6 Å². The number of para-hydroxylation sites is 1. The van der Waals surface area contributed by atoms with E-state index >= 15 is 0 Å². The SMILES string of the molecule is Cc1cccc(COc2ccc(/C=N/Nc3ccccc3)cc2)c1. The first-order valence-corrected chi connectivity index (χ1v) is 7.92. The average molecular weight is 316 g/mol. The van der Waals surface area contributed by atoms with Crippen LogP contribution >= 0.6 is 0 Å². The number of rotatable bonds is 6. The lowest BCUT2D eigenvalue weighted by Crippen LogP contribution is -1.96. The van der Waals surface area contributed by atoms with Gasteiger partial charge in [0.05, 0.1) is 11.9 Å². The van der Waals surface area contributed by atoms with Crippen molar-refractivity contribution in [3.63, 3.8) is 0 Å². The second kappa shape index (κ2) is 7.97. The summed E-state index contributed by atoms with van der Waals surface area (Å²) in [5, 5.41) is 4.23. The van der Waals surface area contributed by atoms with Crippen molar-refractivity contribution in [2.24, 2.45) is 5.10 Å². The van der Waals surface area contributed by atoms with E-state index in [-0.39, 0.29) is 0 Å². The number of hydrogen-bond donors (Lipinski definition) is 1. The van der Waals surface area contributed by atoms with Crippen LogP contribution in [0.5, 0.6) is 5.75 Å². The van der Waals surface area contributed by atoms with Gasteiger partial charge in [0.15, 0.2) is 0 Å². The lowest BCUT2D eigenvalue weighted by molar-refractivity contribution is 0.306. The largest absolute Gasteiger partial charge is 0.489 e. The highest BCUT2D eigenvalue weighted by Gasteiger charge is 1.97. The van der Waals surface area contributed by atoms with Gasteiger partial charge in [0, 0.05) is 0 Å². The second-order valence-electron chi connectivity index (χ2n) is 5.58. The number of ether oxygens (including phenoxy) is 1. The third-order valence-corrected chi connectivity index (χ3v) is 3.55. The number of benzene rings is 3. The van der Waals surface area contributed by atoms with Gasteiger partial charge in [-0.25, -0.2) is 0 Å². The fraction of sp³-hybridized carbons (Fsp3) is 0.0952. The molecule has 0 heterocycles. The molecular weight excluding hydrogens is 296 g/mol. The van der Waals surface area contributed by atoms with E-state index in [0.29, 0.717) is 6.61 Å². The summed E-state index contributed by atoms with van der Waals surface area (Å²) in [5.41, 5.74) is 7.40. The lowest BCUT2D eigenvalue weighted by atomic mass is 10.1. The number of hydrogen-bond acceptors (Lipinski definition) is 3. The maximum Gasteiger partial charge on any atom is 0.119 e. The number of aryl methyl sites for hydroxylation is 1. The summed E-state index contributed by atoms with van der Waals surface area (Å²) >= 11 is 0. The molecule has 0 amide bonds. The van der Waals surface area contributed by atoms with Crippen molar-refractivity contribution in [1.82, 2.24) is 0 Å². The topological polar surface area (TPSA) is 33.6 Å². The van der Waals surface area contributed by atoms with Crippen LogP contribution in [0.3, 0.4) is 0 Å². The van der Waals surface area contributed by atoms with E-state index in [0.717, 1.165) is 17.0 Å². The Labute approximate surface area is 142 Å². The summed E-state index contributed by atoms with van der Waals surface area (Å²) in [7, 11) is 0. The maximum absolute atomic E-state index is 5.82. The van der Waals surface area contributed by atoms with Crippen LogP contribution in [0.4, 0.5) is 5.69 Å². The molecule has 0 unspecified atom stereocenters. The Kier molecular flexibility index (Phi) is 5.25. The van der Waals surface area contributed by atoms with Crippen LogP contribution in [0.1, 0.15) is 16.7 Å². The summed E-state index contributed by atoms with van der Waals surface area (Å²) in [5.74, 6) is 0.852. The van der Waals surface area contributed by atoms with Crippen molar-refractivity contribution in [2.45, 2.75) is 13.5 Å². The number of anilines is 1. The standard InChI is InChI=1S/C21H20N2O/c1-17-6-5-7-19(14-17)16-24-21-12-10-18(11-13-21)15-22-23-20-8-3-2-4-9-20/h2-15,23H,16H2,1H3/b22-15+. The van der Waals surface area contributed by atoms with Crippen LogP contribution in [0.2, 0.25) is 0 Å². The quantitative estimate of drug-likeness (QED) is 0.512. The highest BCUT2D eigenvalue weighted by molar-refractivity contribution is 5.80. The van der Waals surface area contributed by atoms with Gasteiger partial charge in [0.25, 0.3) is 0 Å². The predicted octanol–water partition coefficient (Wildman–Crippen LogP) is 5.02. The molecule has 0 aliphatic heterocycles. The molecule has 3 nitrogen and oxygen atoms in total. The van der Waals surface area contributed by atoms with E-state index in [1.165, 1.54) is 11.1 Å². The zero-order valence-corrected chi connectivity index (χ0v) is 13.6. The minimum absolute atomic E-state index is 0.574. The van der Waals surface area contributed by atoms with Crippen molar-refractivity contribution < 1.29 is 4.74 Å².